The number of fused-ring (bicyclic) bond motifs is 3. The molecule has 7 heteroatoms. The second-order valence-corrected chi connectivity index (χ2v) is 6.47. The monoisotopic (exact) mass is 344 g/mol. The molecule has 6 nitrogen and oxygen atoms in total. The molecule has 0 aliphatic rings. The number of aromatic nitrogens is 2. The Hall–Kier alpha value is -2.54. The molecule has 24 heavy (non-hydrogen) atoms. The van der Waals surface area contributed by atoms with Crippen LogP contribution in [0.5, 0.6) is 0 Å². The molecular weight excluding hydrogens is 328 g/mol. The molecule has 3 rings (SSSR count). The number of ether oxygens (including phenoxy) is 1. The molecular formula is C17H16N2O4S. The number of rotatable bonds is 5. The first kappa shape index (κ1) is 16.3. The van der Waals surface area contributed by atoms with E-state index in [-0.39, 0.29) is 23.7 Å². The first-order chi connectivity index (χ1) is 11.6. The van der Waals surface area contributed by atoms with Crippen molar-refractivity contribution in [1.29, 1.82) is 0 Å². The third kappa shape index (κ3) is 2.71. The number of carbonyl (C=O) groups excluding carboxylic acids is 1. The molecule has 0 aliphatic carbocycles. The summed E-state index contributed by atoms with van der Waals surface area (Å²) in [5, 5.41) is 0.702. The van der Waals surface area contributed by atoms with E-state index >= 15 is 0 Å². The van der Waals surface area contributed by atoms with Crippen molar-refractivity contribution in [2.75, 3.05) is 7.11 Å². The number of hydrogen-bond donors (Lipinski definition) is 0. The zero-order valence-electron chi connectivity index (χ0n) is 13.3. The summed E-state index contributed by atoms with van der Waals surface area (Å²) < 4.78 is 11.9. The van der Waals surface area contributed by atoms with Crippen molar-refractivity contribution in [3.8, 4) is 0 Å². The lowest BCUT2D eigenvalue weighted by molar-refractivity contribution is -0.139. The van der Waals surface area contributed by atoms with Crippen LogP contribution in [0.3, 0.4) is 0 Å². The Morgan fingerprint density at radius 2 is 2.25 bits per heavy atom. The van der Waals surface area contributed by atoms with Crippen LogP contribution in [0.25, 0.3) is 22.1 Å². The van der Waals surface area contributed by atoms with Gasteiger partial charge in [-0.05, 0) is 19.1 Å². The van der Waals surface area contributed by atoms with Gasteiger partial charge in [-0.15, -0.1) is 6.58 Å². The molecule has 124 valence electrons. The van der Waals surface area contributed by atoms with Gasteiger partial charge >= 0.3 is 5.97 Å². The van der Waals surface area contributed by atoms with Crippen molar-refractivity contribution < 1.29 is 13.9 Å². The summed E-state index contributed by atoms with van der Waals surface area (Å²) in [6.07, 6.45) is 1.60. The predicted octanol–water partition coefficient (Wildman–Crippen LogP) is 2.98. The number of carbonyl (C=O) groups is 1. The third-order valence-electron chi connectivity index (χ3n) is 3.57. The smallest absolute Gasteiger partial charge is 0.318 e. The molecule has 1 atom stereocenters. The van der Waals surface area contributed by atoms with E-state index in [0.29, 0.717) is 16.3 Å². The van der Waals surface area contributed by atoms with E-state index in [9.17, 15) is 9.59 Å². The van der Waals surface area contributed by atoms with Gasteiger partial charge in [-0.3, -0.25) is 14.2 Å². The maximum absolute atomic E-state index is 12.8. The quantitative estimate of drug-likeness (QED) is 0.307. The minimum absolute atomic E-state index is 0.202. The highest BCUT2D eigenvalue weighted by molar-refractivity contribution is 8.00. The van der Waals surface area contributed by atoms with Gasteiger partial charge in [-0.2, -0.15) is 0 Å². The minimum Gasteiger partial charge on any atom is -0.468 e. The van der Waals surface area contributed by atoms with Crippen LogP contribution < -0.4 is 5.56 Å². The van der Waals surface area contributed by atoms with Gasteiger partial charge in [0.05, 0.1) is 7.11 Å². The molecule has 0 radical (unpaired) electrons. The Morgan fingerprint density at radius 3 is 2.96 bits per heavy atom. The number of furan rings is 1. The molecule has 0 unspecified atom stereocenters. The normalized spacial score (nSPS) is 12.4. The number of nitrogens with zero attached hydrogens (tertiary/aromatic N) is 2. The lowest BCUT2D eigenvalue weighted by Crippen LogP contribution is -2.24. The Balaban J connectivity index is 2.24. The highest BCUT2D eigenvalue weighted by Crippen LogP contribution is 2.28. The van der Waals surface area contributed by atoms with Crippen molar-refractivity contribution in [3.63, 3.8) is 0 Å². The number of thioether (sulfide) groups is 1. The van der Waals surface area contributed by atoms with Gasteiger partial charge in [-0.25, -0.2) is 4.98 Å². The zero-order valence-corrected chi connectivity index (χ0v) is 14.1. The van der Waals surface area contributed by atoms with Crippen molar-refractivity contribution in [2.45, 2.75) is 23.9 Å². The second kappa shape index (κ2) is 6.52. The molecule has 2 aromatic heterocycles. The maximum atomic E-state index is 12.8. The highest BCUT2D eigenvalue weighted by atomic mass is 32.2. The van der Waals surface area contributed by atoms with Crippen molar-refractivity contribution >= 4 is 39.8 Å². The van der Waals surface area contributed by atoms with E-state index in [0.717, 1.165) is 5.39 Å². The van der Waals surface area contributed by atoms with Crippen LogP contribution in [0.4, 0.5) is 0 Å². The Labute approximate surface area is 142 Å². The second-order valence-electron chi connectivity index (χ2n) is 5.16. The summed E-state index contributed by atoms with van der Waals surface area (Å²) in [7, 11) is 1.33. The number of esters is 1. The van der Waals surface area contributed by atoms with Gasteiger partial charge in [0.15, 0.2) is 5.16 Å². The molecule has 1 aromatic carbocycles. The Bertz CT molecular complexity index is 989. The number of benzene rings is 1. The van der Waals surface area contributed by atoms with E-state index in [1.165, 1.54) is 23.4 Å². The fourth-order valence-corrected chi connectivity index (χ4v) is 3.34. The van der Waals surface area contributed by atoms with Crippen LogP contribution in [0.15, 0.2) is 51.3 Å². The summed E-state index contributed by atoms with van der Waals surface area (Å²) in [4.78, 5) is 29.1. The number of para-hydroxylation sites is 1. The van der Waals surface area contributed by atoms with Crippen LogP contribution >= 0.6 is 11.8 Å². The fourth-order valence-electron chi connectivity index (χ4n) is 2.41. The van der Waals surface area contributed by atoms with Crippen molar-refractivity contribution in [1.82, 2.24) is 9.55 Å². The van der Waals surface area contributed by atoms with E-state index < -0.39 is 5.25 Å². The number of allylic oxidation sites excluding steroid dienone is 1. The van der Waals surface area contributed by atoms with E-state index in [1.54, 1.807) is 19.1 Å². The SMILES string of the molecule is C=CCn1c(S[C@H](C)C(=O)OC)nc2c(oc3ccccc32)c1=O. The van der Waals surface area contributed by atoms with Gasteiger partial charge in [0.1, 0.15) is 16.3 Å². The zero-order chi connectivity index (χ0) is 17.3. The minimum atomic E-state index is -0.492. The van der Waals surface area contributed by atoms with E-state index in [1.807, 2.05) is 18.2 Å². The third-order valence-corrected chi connectivity index (χ3v) is 4.64. The number of hydrogen-bond acceptors (Lipinski definition) is 6. The number of methoxy groups -OCH3 is 1. The summed E-state index contributed by atoms with van der Waals surface area (Å²) in [6.45, 7) is 5.65. The molecule has 0 spiro atoms. The van der Waals surface area contributed by atoms with Crippen molar-refractivity contribution in [3.05, 3.63) is 47.3 Å². The molecule has 0 amide bonds. The van der Waals surface area contributed by atoms with Crippen LogP contribution in [-0.2, 0) is 16.1 Å². The molecule has 0 N–H and O–H groups in total. The first-order valence-corrected chi connectivity index (χ1v) is 8.22. The molecule has 3 aromatic rings. The molecule has 0 fully saturated rings. The largest absolute Gasteiger partial charge is 0.468 e. The summed E-state index contributed by atoms with van der Waals surface area (Å²) in [6, 6.07) is 7.34. The lowest BCUT2D eigenvalue weighted by Gasteiger charge is -2.12. The van der Waals surface area contributed by atoms with Crippen LogP contribution in [0, 0.1) is 0 Å². The molecule has 0 aliphatic heterocycles. The van der Waals surface area contributed by atoms with Gasteiger partial charge in [-0.1, -0.05) is 30.0 Å². The standard InChI is InChI=1S/C17H16N2O4S/c1-4-9-19-15(20)14-13(11-7-5-6-8-12(11)23-14)18-17(19)24-10(2)16(21)22-3/h4-8,10H,1,9H2,2-3H3/t10-/m1/s1. The Kier molecular flexibility index (Phi) is 4.44. The van der Waals surface area contributed by atoms with Crippen LogP contribution in [-0.4, -0.2) is 27.9 Å². The van der Waals surface area contributed by atoms with Crippen LogP contribution in [0.2, 0.25) is 0 Å². The topological polar surface area (TPSA) is 74.3 Å². The average Bonchev–Trinajstić information content (AvgIpc) is 2.96. The van der Waals surface area contributed by atoms with E-state index in [4.69, 9.17) is 9.15 Å². The summed E-state index contributed by atoms with van der Waals surface area (Å²) in [5.41, 5.74) is 1.00. The van der Waals surface area contributed by atoms with Gasteiger partial charge in [0.2, 0.25) is 5.58 Å². The van der Waals surface area contributed by atoms with Crippen LogP contribution in [0.1, 0.15) is 6.92 Å². The predicted molar refractivity (Wildman–Crippen MR) is 93.3 cm³/mol. The fraction of sp³-hybridized carbons (Fsp3) is 0.235. The Morgan fingerprint density at radius 1 is 1.50 bits per heavy atom. The average molecular weight is 344 g/mol. The maximum Gasteiger partial charge on any atom is 0.318 e. The van der Waals surface area contributed by atoms with Gasteiger partial charge < -0.3 is 9.15 Å². The highest BCUT2D eigenvalue weighted by Gasteiger charge is 2.21. The van der Waals surface area contributed by atoms with Gasteiger partial charge in [0.25, 0.3) is 5.56 Å². The van der Waals surface area contributed by atoms with Crippen molar-refractivity contribution in [2.24, 2.45) is 0 Å². The molecule has 0 bridgehead atoms. The van der Waals surface area contributed by atoms with Gasteiger partial charge in [0, 0.05) is 11.9 Å². The molecule has 0 saturated heterocycles. The molecule has 0 saturated carbocycles. The summed E-state index contributed by atoms with van der Waals surface area (Å²) in [5.74, 6) is -0.378. The lowest BCUT2D eigenvalue weighted by atomic mass is 10.2. The molecule has 2 heterocycles. The summed E-state index contributed by atoms with van der Waals surface area (Å²) >= 11 is 1.17. The first-order valence-electron chi connectivity index (χ1n) is 7.34. The van der Waals surface area contributed by atoms with E-state index in [2.05, 4.69) is 11.6 Å².